The molecule has 0 spiro atoms. The molecule has 0 saturated carbocycles. The molecular weight excluding hydrogens is 442 g/mol. The number of imidazole rings is 2. The summed E-state index contributed by atoms with van der Waals surface area (Å²) in [6.45, 7) is 0.756. The fourth-order valence-electron chi connectivity index (χ4n) is 4.35. The summed E-state index contributed by atoms with van der Waals surface area (Å²) in [6, 6.07) is 26.8. The molecule has 0 aliphatic rings. The SMILES string of the molecule is O=c1[nH]c(NCCCc2ccccc2)c(-c2cc3ccccc3s2)n1-c1ccc2nc[nH]c2c1. The van der Waals surface area contributed by atoms with Crippen LogP contribution in [0.25, 0.3) is 37.4 Å². The van der Waals surface area contributed by atoms with Crippen molar-refractivity contribution in [2.75, 3.05) is 11.9 Å². The first kappa shape index (κ1) is 20.5. The highest BCUT2D eigenvalue weighted by molar-refractivity contribution is 7.22. The van der Waals surface area contributed by atoms with E-state index in [0.717, 1.165) is 52.5 Å². The highest BCUT2D eigenvalue weighted by atomic mass is 32.1. The van der Waals surface area contributed by atoms with Gasteiger partial charge < -0.3 is 10.3 Å². The van der Waals surface area contributed by atoms with Crippen molar-refractivity contribution in [2.24, 2.45) is 0 Å². The minimum atomic E-state index is -0.170. The number of aryl methyl sites for hydroxylation is 1. The fourth-order valence-corrected chi connectivity index (χ4v) is 5.46. The number of thiophene rings is 1. The zero-order valence-corrected chi connectivity index (χ0v) is 19.2. The Morgan fingerprint density at radius 1 is 0.971 bits per heavy atom. The Morgan fingerprint density at radius 3 is 2.71 bits per heavy atom. The maximum Gasteiger partial charge on any atom is 0.332 e. The molecule has 0 amide bonds. The fraction of sp³-hybridized carbons (Fsp3) is 0.111. The number of fused-ring (bicyclic) bond motifs is 2. The van der Waals surface area contributed by atoms with Gasteiger partial charge in [0.25, 0.3) is 0 Å². The molecule has 3 aromatic carbocycles. The molecule has 3 heterocycles. The minimum absolute atomic E-state index is 0.170. The zero-order valence-electron chi connectivity index (χ0n) is 18.4. The van der Waals surface area contributed by atoms with Gasteiger partial charge in [0.2, 0.25) is 0 Å². The van der Waals surface area contributed by atoms with Crippen LogP contribution in [0.15, 0.2) is 90.0 Å². The van der Waals surface area contributed by atoms with Crippen molar-refractivity contribution in [1.82, 2.24) is 19.5 Å². The van der Waals surface area contributed by atoms with Gasteiger partial charge in [0.15, 0.2) is 0 Å². The molecular formula is C27H23N5OS. The van der Waals surface area contributed by atoms with Gasteiger partial charge in [-0.2, -0.15) is 0 Å². The van der Waals surface area contributed by atoms with Gasteiger partial charge in [0, 0.05) is 11.2 Å². The van der Waals surface area contributed by atoms with Crippen LogP contribution in [-0.4, -0.2) is 26.1 Å². The van der Waals surface area contributed by atoms with E-state index in [4.69, 9.17) is 0 Å². The van der Waals surface area contributed by atoms with Gasteiger partial charge in [0.1, 0.15) is 11.5 Å². The number of nitrogens with zero attached hydrogens (tertiary/aromatic N) is 2. The van der Waals surface area contributed by atoms with Crippen LogP contribution in [0.2, 0.25) is 0 Å². The summed E-state index contributed by atoms with van der Waals surface area (Å²) in [4.78, 5) is 24.8. The van der Waals surface area contributed by atoms with Crippen molar-refractivity contribution in [1.29, 1.82) is 0 Å². The lowest BCUT2D eigenvalue weighted by Gasteiger charge is -2.10. The van der Waals surface area contributed by atoms with E-state index < -0.39 is 0 Å². The molecule has 34 heavy (non-hydrogen) atoms. The van der Waals surface area contributed by atoms with Gasteiger partial charge in [-0.1, -0.05) is 48.5 Å². The third-order valence-electron chi connectivity index (χ3n) is 6.00. The lowest BCUT2D eigenvalue weighted by Crippen LogP contribution is -2.15. The van der Waals surface area contributed by atoms with E-state index in [0.29, 0.717) is 0 Å². The number of aromatic amines is 2. The van der Waals surface area contributed by atoms with E-state index in [1.807, 2.05) is 36.4 Å². The molecule has 3 aromatic heterocycles. The summed E-state index contributed by atoms with van der Waals surface area (Å²) in [7, 11) is 0. The second kappa shape index (κ2) is 8.68. The average Bonchev–Trinajstić information content (AvgIpc) is 3.58. The predicted octanol–water partition coefficient (Wildman–Crippen LogP) is 5.97. The molecule has 0 aliphatic carbocycles. The first-order chi connectivity index (χ1) is 16.8. The summed E-state index contributed by atoms with van der Waals surface area (Å²) < 4.78 is 2.95. The molecule has 3 N–H and O–H groups in total. The molecule has 0 fully saturated rings. The normalized spacial score (nSPS) is 11.4. The van der Waals surface area contributed by atoms with Crippen molar-refractivity contribution >= 4 is 38.3 Å². The maximum absolute atomic E-state index is 13.2. The summed E-state index contributed by atoms with van der Waals surface area (Å²) >= 11 is 1.69. The lowest BCUT2D eigenvalue weighted by atomic mass is 10.1. The summed E-state index contributed by atoms with van der Waals surface area (Å²) in [5.41, 5.74) is 4.55. The molecule has 0 aliphatic heterocycles. The first-order valence-corrected chi connectivity index (χ1v) is 12.1. The Morgan fingerprint density at radius 2 is 1.82 bits per heavy atom. The Kier molecular flexibility index (Phi) is 5.24. The standard InChI is InChI=1S/C27H23N5OS/c33-27-31-26(28-14-6-9-18-7-2-1-3-8-18)25(24-15-19-10-4-5-11-23(19)34-24)32(27)20-12-13-21-22(16-20)30-17-29-21/h1-5,7-8,10-13,15-17,28H,6,9,14H2,(H,29,30)(H,31,33). The molecule has 0 bridgehead atoms. The van der Waals surface area contributed by atoms with Crippen molar-refractivity contribution in [3.63, 3.8) is 0 Å². The second-order valence-corrected chi connectivity index (χ2v) is 9.34. The van der Waals surface area contributed by atoms with Gasteiger partial charge in [-0.3, -0.25) is 9.55 Å². The maximum atomic E-state index is 13.2. The zero-order chi connectivity index (χ0) is 22.9. The predicted molar refractivity (Wildman–Crippen MR) is 140 cm³/mol. The highest BCUT2D eigenvalue weighted by Gasteiger charge is 2.20. The number of rotatable bonds is 7. The van der Waals surface area contributed by atoms with Crippen LogP contribution < -0.4 is 11.0 Å². The third-order valence-corrected chi connectivity index (χ3v) is 7.13. The van der Waals surface area contributed by atoms with Crippen LogP contribution in [0.4, 0.5) is 5.82 Å². The van der Waals surface area contributed by atoms with Gasteiger partial charge in [-0.15, -0.1) is 11.3 Å². The minimum Gasteiger partial charge on any atom is -0.370 e. The van der Waals surface area contributed by atoms with E-state index in [9.17, 15) is 4.79 Å². The monoisotopic (exact) mass is 465 g/mol. The number of benzene rings is 3. The topological polar surface area (TPSA) is 78.5 Å². The molecule has 168 valence electrons. The molecule has 6 aromatic rings. The van der Waals surface area contributed by atoms with Crippen molar-refractivity contribution in [2.45, 2.75) is 12.8 Å². The molecule has 7 heteroatoms. The van der Waals surface area contributed by atoms with Crippen LogP contribution in [-0.2, 0) is 6.42 Å². The number of hydrogen-bond donors (Lipinski definition) is 3. The Balaban J connectivity index is 1.39. The van der Waals surface area contributed by atoms with Gasteiger partial charge in [-0.25, -0.2) is 9.78 Å². The van der Waals surface area contributed by atoms with Gasteiger partial charge in [0.05, 0.1) is 27.9 Å². The van der Waals surface area contributed by atoms with Crippen LogP contribution in [0.5, 0.6) is 0 Å². The van der Waals surface area contributed by atoms with Gasteiger partial charge >= 0.3 is 5.69 Å². The smallest absolute Gasteiger partial charge is 0.332 e. The van der Waals surface area contributed by atoms with Crippen molar-refractivity contribution in [3.05, 3.63) is 101 Å². The van der Waals surface area contributed by atoms with Crippen molar-refractivity contribution < 1.29 is 0 Å². The summed E-state index contributed by atoms with van der Waals surface area (Å²) in [5.74, 6) is 0.745. The van der Waals surface area contributed by atoms with Crippen LogP contribution in [0, 0.1) is 0 Å². The number of nitrogens with one attached hydrogen (secondary N) is 3. The Hall–Kier alpha value is -4.10. The molecule has 6 rings (SSSR count). The highest BCUT2D eigenvalue weighted by Crippen LogP contribution is 2.37. The quantitative estimate of drug-likeness (QED) is 0.254. The van der Waals surface area contributed by atoms with Crippen LogP contribution >= 0.6 is 11.3 Å². The summed E-state index contributed by atoms with van der Waals surface area (Å²) in [6.07, 6.45) is 3.61. The first-order valence-electron chi connectivity index (χ1n) is 11.3. The van der Waals surface area contributed by atoms with E-state index in [-0.39, 0.29) is 5.69 Å². The molecule has 0 atom stereocenters. The van der Waals surface area contributed by atoms with E-state index in [2.05, 4.69) is 62.7 Å². The molecule has 0 saturated heterocycles. The van der Waals surface area contributed by atoms with E-state index in [1.165, 1.54) is 15.6 Å². The number of anilines is 1. The lowest BCUT2D eigenvalue weighted by molar-refractivity contribution is 0.860. The Bertz CT molecular complexity index is 1610. The van der Waals surface area contributed by atoms with Crippen LogP contribution in [0.1, 0.15) is 12.0 Å². The molecule has 0 unspecified atom stereocenters. The van der Waals surface area contributed by atoms with E-state index in [1.54, 1.807) is 22.2 Å². The van der Waals surface area contributed by atoms with Gasteiger partial charge in [-0.05, 0) is 54.1 Å². The molecule has 0 radical (unpaired) electrons. The van der Waals surface area contributed by atoms with Crippen molar-refractivity contribution in [3.8, 4) is 16.3 Å². The van der Waals surface area contributed by atoms with Crippen LogP contribution in [0.3, 0.4) is 0 Å². The second-order valence-electron chi connectivity index (χ2n) is 8.26. The third kappa shape index (κ3) is 3.80. The number of hydrogen-bond acceptors (Lipinski definition) is 4. The average molecular weight is 466 g/mol. The Labute approximate surface area is 199 Å². The van der Waals surface area contributed by atoms with E-state index >= 15 is 0 Å². The molecule has 6 nitrogen and oxygen atoms in total. The number of aromatic nitrogens is 4. The largest absolute Gasteiger partial charge is 0.370 e. The summed E-state index contributed by atoms with van der Waals surface area (Å²) in [5, 5.41) is 4.67. The number of H-pyrrole nitrogens is 2.